The summed E-state index contributed by atoms with van der Waals surface area (Å²) in [5, 5.41) is 0. The fourth-order valence-corrected chi connectivity index (χ4v) is 4.31. The monoisotopic (exact) mass is 390 g/mol. The lowest BCUT2D eigenvalue weighted by Gasteiger charge is -2.15. The van der Waals surface area contributed by atoms with Gasteiger partial charge < -0.3 is 14.4 Å². The van der Waals surface area contributed by atoms with E-state index in [4.69, 9.17) is 9.47 Å². The molecule has 7 nitrogen and oxygen atoms in total. The average molecular weight is 390 g/mol. The molecule has 2 aromatic carbocycles. The van der Waals surface area contributed by atoms with Crippen LogP contribution in [0.3, 0.4) is 0 Å². The number of nitrogens with zero attached hydrogens (tertiary/aromatic N) is 1. The summed E-state index contributed by atoms with van der Waals surface area (Å²) in [6.45, 7) is 4.45. The first kappa shape index (κ1) is 19.0. The molecule has 0 aliphatic carbocycles. The second kappa shape index (κ2) is 7.11. The van der Waals surface area contributed by atoms with Crippen molar-refractivity contribution >= 4 is 21.6 Å². The van der Waals surface area contributed by atoms with Crippen molar-refractivity contribution in [2.75, 3.05) is 32.0 Å². The van der Waals surface area contributed by atoms with E-state index < -0.39 is 10.0 Å². The topological polar surface area (TPSA) is 84.9 Å². The zero-order valence-corrected chi connectivity index (χ0v) is 16.5. The van der Waals surface area contributed by atoms with Crippen LogP contribution in [0.25, 0.3) is 0 Å². The minimum absolute atomic E-state index is 0.132. The standard InChI is InChI=1S/C19H22N2O5S/c1-12-9-15(10-13(2)18(12)25-4)27(23,24)20-14-5-6-17-16(11-14)19(22)21(3)7-8-26-17/h5-6,9-11,20H,7-8H2,1-4H3. The van der Waals surface area contributed by atoms with Crippen LogP contribution in [0.5, 0.6) is 11.5 Å². The number of carbonyl (C=O) groups is 1. The van der Waals surface area contributed by atoms with E-state index in [0.717, 1.165) is 11.1 Å². The number of hydrogen-bond acceptors (Lipinski definition) is 5. The summed E-state index contributed by atoms with van der Waals surface area (Å²) in [5.41, 5.74) is 2.08. The SMILES string of the molecule is COc1c(C)cc(S(=O)(=O)Nc2ccc3c(c2)C(=O)N(C)CCO3)cc1C. The largest absolute Gasteiger partial charge is 0.496 e. The zero-order chi connectivity index (χ0) is 19.8. The maximum absolute atomic E-state index is 12.8. The van der Waals surface area contributed by atoms with E-state index in [2.05, 4.69) is 4.72 Å². The van der Waals surface area contributed by atoms with Gasteiger partial charge in [-0.3, -0.25) is 9.52 Å². The van der Waals surface area contributed by atoms with Crippen LogP contribution >= 0.6 is 0 Å². The van der Waals surface area contributed by atoms with Gasteiger partial charge in [0.1, 0.15) is 18.1 Å². The molecule has 0 saturated carbocycles. The third-order valence-corrected chi connectivity index (χ3v) is 5.80. The quantitative estimate of drug-likeness (QED) is 0.867. The number of nitrogens with one attached hydrogen (secondary N) is 1. The molecule has 1 aliphatic heterocycles. The van der Waals surface area contributed by atoms with Crippen LogP contribution in [0, 0.1) is 13.8 Å². The molecule has 1 aliphatic rings. The summed E-state index contributed by atoms with van der Waals surface area (Å²) in [5.74, 6) is 0.896. The first-order valence-corrected chi connectivity index (χ1v) is 9.91. The van der Waals surface area contributed by atoms with Gasteiger partial charge in [-0.25, -0.2) is 8.42 Å². The summed E-state index contributed by atoms with van der Waals surface area (Å²) in [6.07, 6.45) is 0. The fraction of sp³-hybridized carbons (Fsp3) is 0.316. The molecule has 144 valence electrons. The number of benzene rings is 2. The Morgan fingerprint density at radius 1 is 1.15 bits per heavy atom. The molecule has 2 aromatic rings. The molecule has 1 heterocycles. The van der Waals surface area contributed by atoms with E-state index in [-0.39, 0.29) is 10.8 Å². The van der Waals surface area contributed by atoms with Crippen molar-refractivity contribution in [3.8, 4) is 11.5 Å². The summed E-state index contributed by atoms with van der Waals surface area (Å²) in [6, 6.07) is 7.80. The predicted octanol–water partition coefficient (Wildman–Crippen LogP) is 2.58. The van der Waals surface area contributed by atoms with Crippen molar-refractivity contribution in [2.24, 2.45) is 0 Å². The summed E-state index contributed by atoms with van der Waals surface area (Å²) in [4.78, 5) is 14.1. The molecule has 1 amide bonds. The van der Waals surface area contributed by atoms with E-state index in [1.807, 2.05) is 0 Å². The van der Waals surface area contributed by atoms with Gasteiger partial charge in [-0.1, -0.05) is 0 Å². The van der Waals surface area contributed by atoms with Gasteiger partial charge in [0.15, 0.2) is 0 Å². The Labute approximate surface area is 158 Å². The molecule has 0 atom stereocenters. The molecule has 0 aromatic heterocycles. The first-order chi connectivity index (χ1) is 12.7. The molecular formula is C19H22N2O5S. The Morgan fingerprint density at radius 2 is 1.81 bits per heavy atom. The summed E-state index contributed by atoms with van der Waals surface area (Å²) in [7, 11) is -0.591. The number of rotatable bonds is 4. The molecule has 0 bridgehead atoms. The minimum Gasteiger partial charge on any atom is -0.496 e. The Kier molecular flexibility index (Phi) is 5.01. The minimum atomic E-state index is -3.82. The smallest absolute Gasteiger partial charge is 0.261 e. The maximum atomic E-state index is 12.8. The first-order valence-electron chi connectivity index (χ1n) is 8.43. The zero-order valence-electron chi connectivity index (χ0n) is 15.7. The fourth-order valence-electron chi connectivity index (χ4n) is 3.09. The van der Waals surface area contributed by atoms with E-state index in [9.17, 15) is 13.2 Å². The molecule has 1 N–H and O–H groups in total. The van der Waals surface area contributed by atoms with Gasteiger partial charge in [0.25, 0.3) is 15.9 Å². The van der Waals surface area contributed by atoms with Crippen LogP contribution in [0.1, 0.15) is 21.5 Å². The second-order valence-corrected chi connectivity index (χ2v) is 8.16. The van der Waals surface area contributed by atoms with Crippen molar-refractivity contribution in [3.05, 3.63) is 47.0 Å². The van der Waals surface area contributed by atoms with Gasteiger partial charge in [0.05, 0.1) is 24.1 Å². The van der Waals surface area contributed by atoms with E-state index in [0.29, 0.717) is 35.9 Å². The Balaban J connectivity index is 1.95. The van der Waals surface area contributed by atoms with Crippen LogP contribution in [0.4, 0.5) is 5.69 Å². The molecule has 8 heteroatoms. The van der Waals surface area contributed by atoms with Crippen molar-refractivity contribution in [1.29, 1.82) is 0 Å². The van der Waals surface area contributed by atoms with Crippen LogP contribution in [-0.2, 0) is 10.0 Å². The molecule has 0 fully saturated rings. The Bertz CT molecular complexity index is 978. The number of aryl methyl sites for hydroxylation is 2. The normalized spacial score (nSPS) is 14.2. The predicted molar refractivity (Wildman–Crippen MR) is 102 cm³/mol. The number of carbonyl (C=O) groups excluding carboxylic acids is 1. The Morgan fingerprint density at radius 3 is 2.44 bits per heavy atom. The van der Waals surface area contributed by atoms with Gasteiger partial charge in [0, 0.05) is 12.7 Å². The number of methoxy groups -OCH3 is 1. The second-order valence-electron chi connectivity index (χ2n) is 6.48. The number of ether oxygens (including phenoxy) is 2. The Hall–Kier alpha value is -2.74. The van der Waals surface area contributed by atoms with E-state index in [1.54, 1.807) is 57.2 Å². The third kappa shape index (κ3) is 3.71. The highest BCUT2D eigenvalue weighted by Gasteiger charge is 2.23. The highest BCUT2D eigenvalue weighted by Crippen LogP contribution is 2.30. The van der Waals surface area contributed by atoms with Crippen molar-refractivity contribution < 1.29 is 22.7 Å². The molecule has 0 radical (unpaired) electrons. The molecule has 0 saturated heterocycles. The van der Waals surface area contributed by atoms with Crippen LogP contribution in [0.2, 0.25) is 0 Å². The van der Waals surface area contributed by atoms with E-state index >= 15 is 0 Å². The van der Waals surface area contributed by atoms with Crippen LogP contribution in [0.15, 0.2) is 35.2 Å². The number of hydrogen-bond donors (Lipinski definition) is 1. The lowest BCUT2D eigenvalue weighted by atomic mass is 10.1. The summed E-state index contributed by atoms with van der Waals surface area (Å²) >= 11 is 0. The number of sulfonamides is 1. The van der Waals surface area contributed by atoms with Gasteiger partial charge in [-0.15, -0.1) is 0 Å². The van der Waals surface area contributed by atoms with E-state index in [1.165, 1.54) is 6.07 Å². The molecule has 0 spiro atoms. The molecule has 3 rings (SSSR count). The highest BCUT2D eigenvalue weighted by molar-refractivity contribution is 7.92. The van der Waals surface area contributed by atoms with Gasteiger partial charge in [0.2, 0.25) is 0 Å². The van der Waals surface area contributed by atoms with Gasteiger partial charge in [-0.2, -0.15) is 0 Å². The van der Waals surface area contributed by atoms with Crippen molar-refractivity contribution in [1.82, 2.24) is 4.90 Å². The maximum Gasteiger partial charge on any atom is 0.261 e. The summed E-state index contributed by atoms with van der Waals surface area (Å²) < 4.78 is 39.0. The average Bonchev–Trinajstić information content (AvgIpc) is 2.74. The molecular weight excluding hydrogens is 368 g/mol. The van der Waals surface area contributed by atoms with Crippen molar-refractivity contribution in [2.45, 2.75) is 18.7 Å². The molecule has 27 heavy (non-hydrogen) atoms. The van der Waals surface area contributed by atoms with Gasteiger partial charge >= 0.3 is 0 Å². The van der Waals surface area contributed by atoms with Crippen molar-refractivity contribution in [3.63, 3.8) is 0 Å². The third-order valence-electron chi connectivity index (χ3n) is 4.44. The highest BCUT2D eigenvalue weighted by atomic mass is 32.2. The number of anilines is 1. The number of amides is 1. The molecule has 0 unspecified atom stereocenters. The van der Waals surface area contributed by atoms with Crippen LogP contribution in [-0.4, -0.2) is 46.5 Å². The lowest BCUT2D eigenvalue weighted by Crippen LogP contribution is -2.27. The lowest BCUT2D eigenvalue weighted by molar-refractivity contribution is 0.0796. The number of fused-ring (bicyclic) bond motifs is 1. The number of likely N-dealkylation sites (N-methyl/N-ethyl adjacent to an activating group) is 1. The van der Waals surface area contributed by atoms with Gasteiger partial charge in [-0.05, 0) is 55.3 Å². The van der Waals surface area contributed by atoms with Crippen LogP contribution < -0.4 is 14.2 Å².